The average Bonchev–Trinajstić information content (AvgIpc) is 2.38. The molecule has 1 nitrogen and oxygen atoms in total. The van der Waals surface area contributed by atoms with E-state index in [9.17, 15) is 4.39 Å². The summed E-state index contributed by atoms with van der Waals surface area (Å²) in [5, 5.41) is 0. The van der Waals surface area contributed by atoms with Gasteiger partial charge in [-0.2, -0.15) is 0 Å². The average molecular weight is 274 g/mol. The van der Waals surface area contributed by atoms with Crippen molar-refractivity contribution in [1.82, 2.24) is 0 Å². The van der Waals surface area contributed by atoms with E-state index in [-0.39, 0.29) is 5.82 Å². The Morgan fingerprint density at radius 1 is 1.10 bits per heavy atom. The van der Waals surface area contributed by atoms with Crippen LogP contribution >= 0.6 is 0 Å². The maximum atomic E-state index is 13.4. The molecule has 0 aromatic heterocycles. The van der Waals surface area contributed by atoms with Gasteiger partial charge in [-0.15, -0.1) is 0 Å². The normalized spacial score (nSPS) is 38.2. The third kappa shape index (κ3) is 2.13. The topological polar surface area (TPSA) is 9.23 Å². The highest BCUT2D eigenvalue weighted by molar-refractivity contribution is 5.32. The van der Waals surface area contributed by atoms with Crippen molar-refractivity contribution >= 4 is 0 Å². The maximum absolute atomic E-state index is 13.4. The van der Waals surface area contributed by atoms with E-state index in [4.69, 9.17) is 4.74 Å². The number of aryl methyl sites for hydroxylation is 1. The van der Waals surface area contributed by atoms with E-state index in [1.54, 1.807) is 0 Å². The second-order valence-electron chi connectivity index (χ2n) is 7.62. The Morgan fingerprint density at radius 2 is 1.70 bits per heavy atom. The molecule has 1 aromatic carbocycles. The van der Waals surface area contributed by atoms with Crippen LogP contribution in [-0.4, -0.2) is 6.61 Å². The fraction of sp³-hybridized carbons (Fsp3) is 0.667. The van der Waals surface area contributed by atoms with Crippen molar-refractivity contribution in [1.29, 1.82) is 0 Å². The van der Waals surface area contributed by atoms with E-state index >= 15 is 0 Å². The molecular formula is C18H23FO. The van der Waals surface area contributed by atoms with Crippen molar-refractivity contribution in [2.24, 2.45) is 23.2 Å². The zero-order valence-corrected chi connectivity index (χ0v) is 12.2. The fourth-order valence-corrected chi connectivity index (χ4v) is 5.43. The molecule has 108 valence electrons. The van der Waals surface area contributed by atoms with Gasteiger partial charge in [0.05, 0.1) is 6.61 Å². The molecule has 0 saturated heterocycles. The van der Waals surface area contributed by atoms with Gasteiger partial charge in [-0.1, -0.05) is 6.07 Å². The van der Waals surface area contributed by atoms with Crippen molar-refractivity contribution in [2.45, 2.75) is 45.4 Å². The van der Waals surface area contributed by atoms with Gasteiger partial charge >= 0.3 is 0 Å². The molecule has 4 aliphatic carbocycles. The number of benzene rings is 1. The minimum absolute atomic E-state index is 0.198. The Kier molecular flexibility index (Phi) is 2.84. The minimum Gasteiger partial charge on any atom is -0.493 e. The second-order valence-corrected chi connectivity index (χ2v) is 7.62. The minimum atomic E-state index is -0.198. The first-order valence-electron chi connectivity index (χ1n) is 8.01. The van der Waals surface area contributed by atoms with Crippen LogP contribution in [0.3, 0.4) is 0 Å². The number of hydrogen-bond donors (Lipinski definition) is 0. The Hall–Kier alpha value is -1.05. The van der Waals surface area contributed by atoms with Crippen LogP contribution in [0.1, 0.15) is 44.1 Å². The van der Waals surface area contributed by atoms with E-state index in [0.717, 1.165) is 35.7 Å². The highest BCUT2D eigenvalue weighted by Gasteiger charge is 2.51. The van der Waals surface area contributed by atoms with Crippen molar-refractivity contribution in [2.75, 3.05) is 6.61 Å². The third-order valence-corrected chi connectivity index (χ3v) is 5.85. The highest BCUT2D eigenvalue weighted by atomic mass is 19.1. The van der Waals surface area contributed by atoms with Gasteiger partial charge in [0.1, 0.15) is 11.6 Å². The van der Waals surface area contributed by atoms with Crippen molar-refractivity contribution < 1.29 is 9.13 Å². The van der Waals surface area contributed by atoms with Gasteiger partial charge in [0.15, 0.2) is 0 Å². The van der Waals surface area contributed by atoms with Crippen LogP contribution in [0.15, 0.2) is 18.2 Å². The summed E-state index contributed by atoms with van der Waals surface area (Å²) in [5.74, 6) is 3.37. The molecule has 0 spiro atoms. The summed E-state index contributed by atoms with van der Waals surface area (Å²) in [6, 6.07) is 4.85. The zero-order valence-electron chi connectivity index (χ0n) is 12.2. The van der Waals surface area contributed by atoms with Crippen molar-refractivity contribution in [3.05, 3.63) is 29.6 Å². The van der Waals surface area contributed by atoms with E-state index in [2.05, 4.69) is 0 Å². The molecule has 4 aliphatic rings. The lowest BCUT2D eigenvalue weighted by atomic mass is 9.50. The fourth-order valence-electron chi connectivity index (χ4n) is 5.43. The van der Waals surface area contributed by atoms with E-state index in [1.165, 1.54) is 50.7 Å². The van der Waals surface area contributed by atoms with Crippen LogP contribution < -0.4 is 4.74 Å². The third-order valence-electron chi connectivity index (χ3n) is 5.85. The molecule has 2 heteroatoms. The largest absolute Gasteiger partial charge is 0.493 e. The van der Waals surface area contributed by atoms with Crippen molar-refractivity contribution in [3.8, 4) is 5.75 Å². The molecule has 0 radical (unpaired) electrons. The quantitative estimate of drug-likeness (QED) is 0.774. The van der Waals surface area contributed by atoms with Crippen LogP contribution in [0.25, 0.3) is 0 Å². The summed E-state index contributed by atoms with van der Waals surface area (Å²) in [6.45, 7) is 2.79. The summed E-state index contributed by atoms with van der Waals surface area (Å²) in [6.07, 6.45) is 8.39. The molecule has 0 heterocycles. The summed E-state index contributed by atoms with van der Waals surface area (Å²) in [5.41, 5.74) is 1.43. The molecule has 5 rings (SSSR count). The van der Waals surface area contributed by atoms with Gasteiger partial charge in [0.2, 0.25) is 0 Å². The summed E-state index contributed by atoms with van der Waals surface area (Å²) < 4.78 is 19.4. The number of hydrogen-bond acceptors (Lipinski definition) is 1. The molecule has 4 saturated carbocycles. The van der Waals surface area contributed by atoms with Gasteiger partial charge in [0, 0.05) is 11.5 Å². The Morgan fingerprint density at radius 3 is 2.30 bits per heavy atom. The predicted octanol–water partition coefficient (Wildman–Crippen LogP) is 4.73. The maximum Gasteiger partial charge on any atom is 0.126 e. The van der Waals surface area contributed by atoms with Gasteiger partial charge in [-0.05, 0) is 74.8 Å². The van der Waals surface area contributed by atoms with E-state index < -0.39 is 0 Å². The highest BCUT2D eigenvalue weighted by Crippen LogP contribution is 2.60. The molecule has 4 fully saturated rings. The summed E-state index contributed by atoms with van der Waals surface area (Å²) in [4.78, 5) is 0. The lowest BCUT2D eigenvalue weighted by molar-refractivity contribution is -0.0746. The lowest BCUT2D eigenvalue weighted by Crippen LogP contribution is -2.48. The van der Waals surface area contributed by atoms with E-state index in [1.807, 2.05) is 13.0 Å². The number of halogens is 1. The van der Waals surface area contributed by atoms with Gasteiger partial charge in [-0.3, -0.25) is 0 Å². The molecule has 1 aromatic rings. The summed E-state index contributed by atoms with van der Waals surface area (Å²) >= 11 is 0. The van der Waals surface area contributed by atoms with Crippen LogP contribution in [0.4, 0.5) is 4.39 Å². The zero-order chi connectivity index (χ0) is 13.7. The Balaban J connectivity index is 1.50. The first-order valence-corrected chi connectivity index (χ1v) is 8.01. The predicted molar refractivity (Wildman–Crippen MR) is 77.2 cm³/mol. The van der Waals surface area contributed by atoms with E-state index in [0.29, 0.717) is 5.41 Å². The SMILES string of the molecule is Cc1ccc(F)cc1OCC12CC3CC(CC(C3)C1)C2. The Labute approximate surface area is 120 Å². The van der Waals surface area contributed by atoms with Gasteiger partial charge < -0.3 is 4.74 Å². The first-order chi connectivity index (χ1) is 9.62. The van der Waals surface area contributed by atoms with Crippen LogP contribution in [0.2, 0.25) is 0 Å². The Bertz CT molecular complexity index is 487. The molecule has 20 heavy (non-hydrogen) atoms. The number of rotatable bonds is 3. The molecule has 4 bridgehead atoms. The molecule has 0 aliphatic heterocycles. The van der Waals surface area contributed by atoms with Crippen LogP contribution in [0, 0.1) is 35.9 Å². The standard InChI is InChI=1S/C18H23FO/c1-12-2-3-16(19)7-17(12)20-11-18-8-13-4-14(9-18)6-15(5-13)10-18/h2-3,7,13-15H,4-6,8-11H2,1H3. The summed E-state index contributed by atoms with van der Waals surface area (Å²) in [7, 11) is 0. The molecule has 0 atom stereocenters. The van der Waals surface area contributed by atoms with Crippen molar-refractivity contribution in [3.63, 3.8) is 0 Å². The smallest absolute Gasteiger partial charge is 0.126 e. The molecule has 0 N–H and O–H groups in total. The van der Waals surface area contributed by atoms with Crippen LogP contribution in [0.5, 0.6) is 5.75 Å². The molecule has 0 amide bonds. The monoisotopic (exact) mass is 274 g/mol. The first kappa shape index (κ1) is 12.7. The second kappa shape index (κ2) is 4.47. The molecule has 0 unspecified atom stereocenters. The van der Waals surface area contributed by atoms with Gasteiger partial charge in [0.25, 0.3) is 0 Å². The van der Waals surface area contributed by atoms with Gasteiger partial charge in [-0.25, -0.2) is 4.39 Å². The van der Waals surface area contributed by atoms with Crippen LogP contribution in [-0.2, 0) is 0 Å². The lowest BCUT2D eigenvalue weighted by Gasteiger charge is -2.56. The molecular weight excluding hydrogens is 251 g/mol. The number of ether oxygens (including phenoxy) is 1.